The van der Waals surface area contributed by atoms with E-state index in [2.05, 4.69) is 19.4 Å². The fourth-order valence-corrected chi connectivity index (χ4v) is 3.59. The number of nitrogens with one attached hydrogen (secondary N) is 1. The summed E-state index contributed by atoms with van der Waals surface area (Å²) in [6.07, 6.45) is 4.92. The van der Waals surface area contributed by atoms with Crippen molar-refractivity contribution in [2.24, 2.45) is 0 Å². The summed E-state index contributed by atoms with van der Waals surface area (Å²) in [6.45, 7) is -1.35. The summed E-state index contributed by atoms with van der Waals surface area (Å²) in [5, 5.41) is 0. The van der Waals surface area contributed by atoms with Crippen molar-refractivity contribution in [1.29, 1.82) is 0 Å². The predicted octanol–water partition coefficient (Wildman–Crippen LogP) is 2.66. The molecule has 0 bridgehead atoms. The van der Waals surface area contributed by atoms with E-state index in [9.17, 15) is 17.2 Å². The number of halogens is 2. The normalized spacial score (nSPS) is 11.7. The van der Waals surface area contributed by atoms with E-state index >= 15 is 0 Å². The van der Waals surface area contributed by atoms with Crippen molar-refractivity contribution in [3.8, 4) is 11.6 Å². The van der Waals surface area contributed by atoms with Crippen molar-refractivity contribution in [2.45, 2.75) is 25.0 Å². The van der Waals surface area contributed by atoms with Gasteiger partial charge in [-0.25, -0.2) is 23.1 Å². The molecular formula is C17H16F2N4O3S. The third kappa shape index (κ3) is 4.47. The third-order valence-corrected chi connectivity index (χ3v) is 5.14. The maximum absolute atomic E-state index is 12.5. The minimum atomic E-state index is -4.06. The Labute approximate surface area is 154 Å². The molecule has 2 aromatic heterocycles. The van der Waals surface area contributed by atoms with Crippen molar-refractivity contribution in [2.75, 3.05) is 0 Å². The average Bonchev–Trinajstić information content (AvgIpc) is 3.06. The number of nitrogens with zero attached hydrogens (tertiary/aromatic N) is 3. The number of aromatic nitrogens is 3. The molecule has 0 fully saturated rings. The van der Waals surface area contributed by atoms with Crippen molar-refractivity contribution in [1.82, 2.24) is 19.3 Å². The topological polar surface area (TPSA) is 86.1 Å². The van der Waals surface area contributed by atoms with Gasteiger partial charge in [-0.15, -0.1) is 0 Å². The second kappa shape index (κ2) is 7.80. The smallest absolute Gasteiger partial charge is 0.387 e. The Morgan fingerprint density at radius 3 is 2.67 bits per heavy atom. The van der Waals surface area contributed by atoms with Crippen LogP contribution in [0.1, 0.15) is 11.4 Å². The molecule has 0 spiro atoms. The minimum absolute atomic E-state index is 0.0470. The van der Waals surface area contributed by atoms with E-state index in [1.165, 1.54) is 24.3 Å². The number of aryl methyl sites for hydroxylation is 1. The molecule has 3 aromatic rings. The van der Waals surface area contributed by atoms with Crippen LogP contribution in [0.5, 0.6) is 5.75 Å². The van der Waals surface area contributed by atoms with E-state index < -0.39 is 22.4 Å². The molecular weight excluding hydrogens is 378 g/mol. The maximum Gasteiger partial charge on any atom is 0.387 e. The molecule has 3 rings (SSSR count). The number of imidazole rings is 1. The van der Waals surface area contributed by atoms with Gasteiger partial charge in [-0.05, 0) is 36.8 Å². The number of sulfonamides is 1. The molecule has 0 saturated heterocycles. The number of hydrogen-bond acceptors (Lipinski definition) is 5. The highest BCUT2D eigenvalue weighted by Gasteiger charge is 2.21. The first-order valence-corrected chi connectivity index (χ1v) is 9.34. The van der Waals surface area contributed by atoms with Gasteiger partial charge in [0, 0.05) is 25.1 Å². The number of pyridine rings is 1. The van der Waals surface area contributed by atoms with Gasteiger partial charge in [0.1, 0.15) is 22.3 Å². The lowest BCUT2D eigenvalue weighted by atomic mass is 10.2. The Kier molecular flexibility index (Phi) is 5.47. The number of hydrogen-bond donors (Lipinski definition) is 1. The van der Waals surface area contributed by atoms with Crippen LogP contribution in [0, 0.1) is 6.92 Å². The van der Waals surface area contributed by atoms with Gasteiger partial charge in [0.25, 0.3) is 0 Å². The highest BCUT2D eigenvalue weighted by molar-refractivity contribution is 7.89. The van der Waals surface area contributed by atoms with E-state index in [4.69, 9.17) is 0 Å². The zero-order valence-electron chi connectivity index (χ0n) is 14.2. The van der Waals surface area contributed by atoms with E-state index in [-0.39, 0.29) is 11.4 Å². The molecule has 1 N–H and O–H groups in total. The lowest BCUT2D eigenvalue weighted by Crippen LogP contribution is -2.24. The second-order valence-corrected chi connectivity index (χ2v) is 7.25. The molecule has 0 unspecified atom stereocenters. The Hall–Kier alpha value is -2.85. The summed E-state index contributed by atoms with van der Waals surface area (Å²) in [7, 11) is -4.06. The van der Waals surface area contributed by atoms with Gasteiger partial charge in [0.05, 0.1) is 0 Å². The molecule has 7 nitrogen and oxygen atoms in total. The van der Waals surface area contributed by atoms with Gasteiger partial charge in [-0.2, -0.15) is 8.78 Å². The van der Waals surface area contributed by atoms with Crippen LogP contribution < -0.4 is 9.46 Å². The minimum Gasteiger partial charge on any atom is -0.433 e. The largest absolute Gasteiger partial charge is 0.433 e. The van der Waals surface area contributed by atoms with Gasteiger partial charge in [0.15, 0.2) is 0 Å². The van der Waals surface area contributed by atoms with Crippen LogP contribution in [0.2, 0.25) is 0 Å². The zero-order chi connectivity index (χ0) is 19.4. The molecule has 0 atom stereocenters. The summed E-state index contributed by atoms with van der Waals surface area (Å²) in [4.78, 5) is 8.00. The zero-order valence-corrected chi connectivity index (χ0v) is 15.0. The number of para-hydroxylation sites is 1. The fraction of sp³-hybridized carbons (Fsp3) is 0.176. The van der Waals surface area contributed by atoms with Crippen LogP contribution in [0.4, 0.5) is 8.78 Å². The summed E-state index contributed by atoms with van der Waals surface area (Å²) < 4.78 is 58.4. The van der Waals surface area contributed by atoms with Crippen molar-refractivity contribution in [3.05, 3.63) is 66.4 Å². The summed E-state index contributed by atoms with van der Waals surface area (Å²) in [5.74, 6) is 0.908. The second-order valence-electron chi connectivity index (χ2n) is 5.52. The van der Waals surface area contributed by atoms with Crippen LogP contribution in [-0.4, -0.2) is 29.6 Å². The quantitative estimate of drug-likeness (QED) is 0.666. The Morgan fingerprint density at radius 1 is 1.19 bits per heavy atom. The van der Waals surface area contributed by atoms with Gasteiger partial charge < -0.3 is 4.74 Å². The van der Waals surface area contributed by atoms with E-state index in [0.717, 1.165) is 5.82 Å². The maximum atomic E-state index is 12.5. The van der Waals surface area contributed by atoms with Crippen LogP contribution in [0.3, 0.4) is 0 Å². The number of rotatable bonds is 7. The molecule has 0 aliphatic carbocycles. The highest BCUT2D eigenvalue weighted by atomic mass is 32.2. The molecule has 2 heterocycles. The standard InChI is InChI=1S/C17H16F2N4O3S/c1-12-20-8-9-23(12)16-10-13(6-7-21-16)11-22-27(24,25)15-5-3-2-4-14(15)26-17(18)19/h2-10,17,22H,11H2,1H3. The highest BCUT2D eigenvalue weighted by Crippen LogP contribution is 2.25. The van der Waals surface area contributed by atoms with E-state index in [1.54, 1.807) is 35.3 Å². The molecule has 0 aliphatic heterocycles. The Balaban J connectivity index is 1.80. The van der Waals surface area contributed by atoms with Crippen LogP contribution in [0.25, 0.3) is 5.82 Å². The lowest BCUT2D eigenvalue weighted by Gasteiger charge is -2.12. The molecule has 1 aromatic carbocycles. The number of ether oxygens (including phenoxy) is 1. The van der Waals surface area contributed by atoms with Crippen molar-refractivity contribution >= 4 is 10.0 Å². The number of alkyl halides is 2. The molecule has 142 valence electrons. The molecule has 0 radical (unpaired) electrons. The molecule has 10 heteroatoms. The first-order chi connectivity index (χ1) is 12.9. The first-order valence-electron chi connectivity index (χ1n) is 7.85. The average molecular weight is 394 g/mol. The monoisotopic (exact) mass is 394 g/mol. The summed E-state index contributed by atoms with van der Waals surface area (Å²) >= 11 is 0. The Morgan fingerprint density at radius 2 is 1.96 bits per heavy atom. The van der Waals surface area contributed by atoms with Crippen LogP contribution in [-0.2, 0) is 16.6 Å². The van der Waals surface area contributed by atoms with Gasteiger partial charge in [0.2, 0.25) is 10.0 Å². The molecule has 0 amide bonds. The van der Waals surface area contributed by atoms with E-state index in [0.29, 0.717) is 11.4 Å². The molecule has 0 aliphatic rings. The van der Waals surface area contributed by atoms with Crippen molar-refractivity contribution in [3.63, 3.8) is 0 Å². The van der Waals surface area contributed by atoms with E-state index in [1.807, 2.05) is 6.92 Å². The molecule has 0 saturated carbocycles. The Bertz CT molecular complexity index is 1040. The van der Waals surface area contributed by atoms with Crippen molar-refractivity contribution < 1.29 is 21.9 Å². The SMILES string of the molecule is Cc1nccn1-c1cc(CNS(=O)(=O)c2ccccc2OC(F)F)ccn1. The summed E-state index contributed by atoms with van der Waals surface area (Å²) in [6, 6.07) is 8.58. The van der Waals surface area contributed by atoms with Crippen LogP contribution >= 0.6 is 0 Å². The lowest BCUT2D eigenvalue weighted by molar-refractivity contribution is -0.0517. The predicted molar refractivity (Wildman–Crippen MR) is 93.2 cm³/mol. The summed E-state index contributed by atoms with van der Waals surface area (Å²) in [5.41, 5.74) is 0.643. The van der Waals surface area contributed by atoms with Gasteiger partial charge >= 0.3 is 6.61 Å². The first kappa shape index (κ1) is 18.9. The number of benzene rings is 1. The van der Waals surface area contributed by atoms with Gasteiger partial charge in [-0.3, -0.25) is 4.57 Å². The molecule has 27 heavy (non-hydrogen) atoms. The van der Waals surface area contributed by atoms with Gasteiger partial charge in [-0.1, -0.05) is 12.1 Å². The van der Waals surface area contributed by atoms with Crippen LogP contribution in [0.15, 0.2) is 59.9 Å². The fourth-order valence-electron chi connectivity index (χ4n) is 2.44. The third-order valence-electron chi connectivity index (χ3n) is 3.70.